The van der Waals surface area contributed by atoms with E-state index in [1.165, 1.54) is 14.0 Å². The number of carbonyl (C=O) groups is 1. The quantitative estimate of drug-likeness (QED) is 0.546. The molecule has 0 spiro atoms. The minimum atomic E-state index is -0.245. The van der Waals surface area contributed by atoms with Crippen LogP contribution in [-0.2, 0) is 9.53 Å². The predicted octanol–water partition coefficient (Wildman–Crippen LogP) is 1.04. The van der Waals surface area contributed by atoms with Gasteiger partial charge in [-0.2, -0.15) is 0 Å². The number of esters is 1. The zero-order valence-corrected chi connectivity index (χ0v) is 7.28. The average molecular weight is 170 g/mol. The molecule has 0 unspecified atom stereocenters. The van der Waals surface area contributed by atoms with Crippen LogP contribution in [0, 0.1) is 0 Å². The minimum absolute atomic E-state index is 0. The Kier molecular flexibility index (Phi) is 10.7. The van der Waals surface area contributed by atoms with Crippen molar-refractivity contribution in [1.82, 2.24) is 0 Å². The molecule has 12 heavy (non-hydrogen) atoms. The molecule has 2 N–H and O–H groups in total. The Hall–Kier alpha value is -1.35. The monoisotopic (exact) mass is 170 g/mol. The maximum absolute atomic E-state index is 9.59. The summed E-state index contributed by atoms with van der Waals surface area (Å²) >= 11 is 0. The van der Waals surface area contributed by atoms with Gasteiger partial charge in [0.1, 0.15) is 0 Å². The van der Waals surface area contributed by atoms with Gasteiger partial charge in [-0.05, 0) is 0 Å². The fourth-order valence-electron chi connectivity index (χ4n) is 0.385. The molecule has 0 atom stereocenters. The van der Waals surface area contributed by atoms with Gasteiger partial charge < -0.3 is 10.2 Å². The second-order valence-electron chi connectivity index (χ2n) is 1.85. The molecule has 0 saturated carbocycles. The summed E-state index contributed by atoms with van der Waals surface area (Å²) in [6.45, 7) is 1.36. The first kappa shape index (κ1) is 13.3. The predicted molar refractivity (Wildman–Crippen MR) is 47.7 cm³/mol. The van der Waals surface area contributed by atoms with E-state index in [2.05, 4.69) is 4.74 Å². The number of carbonyl (C=O) groups excluding carboxylic acids is 1. The van der Waals surface area contributed by atoms with Crippen LogP contribution in [0.25, 0.3) is 0 Å². The van der Waals surface area contributed by atoms with Crippen molar-refractivity contribution in [1.29, 1.82) is 0 Å². The Morgan fingerprint density at radius 1 is 1.00 bits per heavy atom. The summed E-state index contributed by atoms with van der Waals surface area (Å²) < 4.78 is 4.11. The Morgan fingerprint density at radius 3 is 1.25 bits per heavy atom. The van der Waals surface area contributed by atoms with Crippen LogP contribution in [-0.4, -0.2) is 18.6 Å². The standard InChI is InChI=1S/C6H6.C3H6O2.H2O/c1-2-4-6-5-3-1;1-3(4)5-2;/h1-6H;1-2H3;1H2. The molecule has 0 saturated heterocycles. The van der Waals surface area contributed by atoms with Crippen molar-refractivity contribution in [3.63, 3.8) is 0 Å². The first-order chi connectivity index (χ1) is 5.27. The van der Waals surface area contributed by atoms with E-state index in [4.69, 9.17) is 0 Å². The molecule has 0 radical (unpaired) electrons. The molecule has 3 heteroatoms. The lowest BCUT2D eigenvalue weighted by atomic mass is 10.4. The molecule has 1 rings (SSSR count). The second-order valence-corrected chi connectivity index (χ2v) is 1.85. The molecule has 68 valence electrons. The summed E-state index contributed by atoms with van der Waals surface area (Å²) in [6.07, 6.45) is 0. The maximum Gasteiger partial charge on any atom is 0.302 e. The van der Waals surface area contributed by atoms with Gasteiger partial charge in [-0.15, -0.1) is 0 Å². The SMILES string of the molecule is COC(C)=O.O.c1ccccc1. The number of hydrogen-bond acceptors (Lipinski definition) is 2. The highest BCUT2D eigenvalue weighted by Crippen LogP contribution is 1.79. The molecule has 0 heterocycles. The van der Waals surface area contributed by atoms with E-state index in [-0.39, 0.29) is 11.4 Å². The van der Waals surface area contributed by atoms with Gasteiger partial charge in [-0.1, -0.05) is 36.4 Å². The summed E-state index contributed by atoms with van der Waals surface area (Å²) in [5.41, 5.74) is 0. The van der Waals surface area contributed by atoms with Gasteiger partial charge in [0, 0.05) is 6.92 Å². The van der Waals surface area contributed by atoms with E-state index < -0.39 is 0 Å². The minimum Gasteiger partial charge on any atom is -0.469 e. The van der Waals surface area contributed by atoms with Crippen molar-refractivity contribution in [3.05, 3.63) is 36.4 Å². The van der Waals surface area contributed by atoms with Crippen LogP contribution in [0.5, 0.6) is 0 Å². The van der Waals surface area contributed by atoms with E-state index in [1.54, 1.807) is 0 Å². The molecular weight excluding hydrogens is 156 g/mol. The lowest BCUT2D eigenvalue weighted by Gasteiger charge is -1.80. The van der Waals surface area contributed by atoms with Crippen molar-refractivity contribution in [2.75, 3.05) is 7.11 Å². The second kappa shape index (κ2) is 9.65. The number of benzene rings is 1. The highest BCUT2D eigenvalue weighted by atomic mass is 16.5. The van der Waals surface area contributed by atoms with Crippen LogP contribution >= 0.6 is 0 Å². The van der Waals surface area contributed by atoms with Crippen molar-refractivity contribution in [2.24, 2.45) is 0 Å². The van der Waals surface area contributed by atoms with E-state index >= 15 is 0 Å². The molecular formula is C9H14O3. The lowest BCUT2D eigenvalue weighted by Crippen LogP contribution is -1.88. The fourth-order valence-corrected chi connectivity index (χ4v) is 0.385. The Labute approximate surface area is 72.3 Å². The van der Waals surface area contributed by atoms with E-state index in [9.17, 15) is 4.79 Å². The summed E-state index contributed by atoms with van der Waals surface area (Å²) in [5, 5.41) is 0. The van der Waals surface area contributed by atoms with Gasteiger partial charge in [-0.3, -0.25) is 4.79 Å². The van der Waals surface area contributed by atoms with Crippen LogP contribution < -0.4 is 0 Å². The Balaban J connectivity index is 0. The zero-order chi connectivity index (χ0) is 8.53. The van der Waals surface area contributed by atoms with Gasteiger partial charge >= 0.3 is 5.97 Å². The third-order valence-corrected chi connectivity index (χ3v) is 0.954. The third kappa shape index (κ3) is 11.4. The molecule has 0 aliphatic heterocycles. The molecule has 0 aliphatic rings. The molecule has 0 aliphatic carbocycles. The Morgan fingerprint density at radius 2 is 1.17 bits per heavy atom. The van der Waals surface area contributed by atoms with Gasteiger partial charge in [0.05, 0.1) is 7.11 Å². The molecule has 0 amide bonds. The van der Waals surface area contributed by atoms with Gasteiger partial charge in [-0.25, -0.2) is 0 Å². The van der Waals surface area contributed by atoms with Crippen molar-refractivity contribution in [3.8, 4) is 0 Å². The number of methoxy groups -OCH3 is 1. The number of hydrogen-bond donors (Lipinski definition) is 0. The van der Waals surface area contributed by atoms with Crippen molar-refractivity contribution < 1.29 is 15.0 Å². The summed E-state index contributed by atoms with van der Waals surface area (Å²) in [6, 6.07) is 12.0. The van der Waals surface area contributed by atoms with Crippen LogP contribution in [0.4, 0.5) is 0 Å². The van der Waals surface area contributed by atoms with Gasteiger partial charge in [0.25, 0.3) is 0 Å². The van der Waals surface area contributed by atoms with E-state index in [0.29, 0.717) is 0 Å². The third-order valence-electron chi connectivity index (χ3n) is 0.954. The average Bonchev–Trinajstić information content (AvgIpc) is 2.09. The molecule has 1 aromatic carbocycles. The van der Waals surface area contributed by atoms with Crippen LogP contribution in [0.1, 0.15) is 6.92 Å². The summed E-state index contributed by atoms with van der Waals surface area (Å²) in [7, 11) is 1.35. The van der Waals surface area contributed by atoms with Crippen molar-refractivity contribution in [2.45, 2.75) is 6.92 Å². The van der Waals surface area contributed by atoms with Crippen molar-refractivity contribution >= 4 is 5.97 Å². The Bertz CT molecular complexity index is 158. The topological polar surface area (TPSA) is 57.8 Å². The summed E-state index contributed by atoms with van der Waals surface area (Å²) in [5.74, 6) is -0.245. The number of rotatable bonds is 0. The smallest absolute Gasteiger partial charge is 0.302 e. The molecule has 1 aromatic rings. The summed E-state index contributed by atoms with van der Waals surface area (Å²) in [4.78, 5) is 9.59. The lowest BCUT2D eigenvalue weighted by molar-refractivity contribution is -0.137. The maximum atomic E-state index is 9.59. The fraction of sp³-hybridized carbons (Fsp3) is 0.222. The molecule has 0 bridgehead atoms. The highest BCUT2D eigenvalue weighted by Gasteiger charge is 1.75. The first-order valence-corrected chi connectivity index (χ1v) is 3.32. The zero-order valence-electron chi connectivity index (χ0n) is 7.28. The van der Waals surface area contributed by atoms with E-state index in [1.807, 2.05) is 36.4 Å². The normalized spacial score (nSPS) is 6.83. The number of ether oxygens (including phenoxy) is 1. The van der Waals surface area contributed by atoms with Crippen LogP contribution in [0.3, 0.4) is 0 Å². The van der Waals surface area contributed by atoms with Gasteiger partial charge in [0.15, 0.2) is 0 Å². The first-order valence-electron chi connectivity index (χ1n) is 3.32. The molecule has 3 nitrogen and oxygen atoms in total. The van der Waals surface area contributed by atoms with Crippen LogP contribution in [0.15, 0.2) is 36.4 Å². The highest BCUT2D eigenvalue weighted by molar-refractivity contribution is 5.65. The molecule has 0 fully saturated rings. The van der Waals surface area contributed by atoms with E-state index in [0.717, 1.165) is 0 Å². The largest absolute Gasteiger partial charge is 0.469 e. The van der Waals surface area contributed by atoms with Gasteiger partial charge in [0.2, 0.25) is 0 Å². The van der Waals surface area contributed by atoms with Crippen LogP contribution in [0.2, 0.25) is 0 Å². The molecule has 0 aromatic heterocycles.